The molecule has 1 N–H and O–H groups in total. The fourth-order valence-electron chi connectivity index (χ4n) is 1.34. The molecule has 0 saturated heterocycles. The van der Waals surface area contributed by atoms with Crippen molar-refractivity contribution >= 4 is 22.6 Å². The molecule has 16 heavy (non-hydrogen) atoms. The van der Waals surface area contributed by atoms with Gasteiger partial charge in [-0.3, -0.25) is 20.0 Å². The lowest BCUT2D eigenvalue weighted by Crippen LogP contribution is -2.03. The van der Waals surface area contributed by atoms with Crippen LogP contribution in [0.15, 0.2) is 18.3 Å². The van der Waals surface area contributed by atoms with Gasteiger partial charge in [0.2, 0.25) is 5.75 Å². The zero-order valence-electron chi connectivity index (χ0n) is 8.26. The van der Waals surface area contributed by atoms with E-state index in [1.807, 2.05) is 0 Å². The zero-order valence-corrected chi connectivity index (χ0v) is 8.26. The van der Waals surface area contributed by atoms with Crippen molar-refractivity contribution in [3.05, 3.63) is 28.4 Å². The molecule has 0 aliphatic carbocycles. The van der Waals surface area contributed by atoms with Gasteiger partial charge in [-0.25, -0.2) is 0 Å². The molecule has 0 bridgehead atoms. The van der Waals surface area contributed by atoms with E-state index in [9.17, 15) is 14.9 Å². The number of nitrogens with one attached hydrogen (secondary N) is 1. The van der Waals surface area contributed by atoms with Gasteiger partial charge < -0.3 is 4.74 Å². The number of nitro benzene ring substituents is 1. The Labute approximate surface area is 89.2 Å². The monoisotopic (exact) mass is 221 g/mol. The molecule has 0 unspecified atom stereocenters. The average Bonchev–Trinajstić information content (AvgIpc) is 2.62. The third-order valence-corrected chi connectivity index (χ3v) is 1.97. The first-order chi connectivity index (χ1) is 7.58. The Morgan fingerprint density at radius 2 is 2.31 bits per heavy atom. The van der Waals surface area contributed by atoms with Crippen LogP contribution in [-0.2, 0) is 4.79 Å². The standard InChI is InChI=1S/C9H7N3O4/c1-5(13)16-9-2-6-4-10-11-7(6)3-8(9)12(14)15/h2-4H,1H3,(H,10,11). The summed E-state index contributed by atoms with van der Waals surface area (Å²) in [5.74, 6) is -0.683. The van der Waals surface area contributed by atoms with E-state index in [2.05, 4.69) is 10.2 Å². The quantitative estimate of drug-likeness (QED) is 0.357. The minimum absolute atomic E-state index is 0.0774. The fourth-order valence-corrected chi connectivity index (χ4v) is 1.34. The van der Waals surface area contributed by atoms with E-state index in [0.29, 0.717) is 10.9 Å². The summed E-state index contributed by atoms with van der Waals surface area (Å²) < 4.78 is 4.76. The number of ether oxygens (including phenoxy) is 1. The van der Waals surface area contributed by atoms with Gasteiger partial charge in [0.1, 0.15) is 0 Å². The lowest BCUT2D eigenvalue weighted by atomic mass is 10.2. The third kappa shape index (κ3) is 1.70. The molecule has 82 valence electrons. The summed E-state index contributed by atoms with van der Waals surface area (Å²) in [6.07, 6.45) is 1.49. The summed E-state index contributed by atoms with van der Waals surface area (Å²) in [5.41, 5.74) is 0.245. The maximum Gasteiger partial charge on any atom is 0.313 e. The molecule has 1 heterocycles. The maximum absolute atomic E-state index is 10.8. The van der Waals surface area contributed by atoms with E-state index in [-0.39, 0.29) is 11.4 Å². The molecule has 7 heteroatoms. The number of benzene rings is 1. The van der Waals surface area contributed by atoms with Gasteiger partial charge in [-0.1, -0.05) is 0 Å². The minimum Gasteiger partial charge on any atom is -0.419 e. The Hall–Kier alpha value is -2.44. The van der Waals surface area contributed by atoms with Crippen LogP contribution in [0.2, 0.25) is 0 Å². The number of nitro groups is 1. The van der Waals surface area contributed by atoms with Gasteiger partial charge in [0.05, 0.1) is 16.6 Å². The summed E-state index contributed by atoms with van der Waals surface area (Å²) in [4.78, 5) is 20.9. The second-order valence-corrected chi connectivity index (χ2v) is 3.13. The van der Waals surface area contributed by atoms with Crippen molar-refractivity contribution in [3.63, 3.8) is 0 Å². The van der Waals surface area contributed by atoms with Gasteiger partial charge >= 0.3 is 11.7 Å². The van der Waals surface area contributed by atoms with E-state index in [0.717, 1.165) is 0 Å². The summed E-state index contributed by atoms with van der Waals surface area (Å²) >= 11 is 0. The van der Waals surface area contributed by atoms with Crippen molar-refractivity contribution < 1.29 is 14.5 Å². The van der Waals surface area contributed by atoms with Gasteiger partial charge in [0.15, 0.2) is 0 Å². The van der Waals surface area contributed by atoms with Gasteiger partial charge in [0, 0.05) is 18.4 Å². The Morgan fingerprint density at radius 1 is 1.56 bits per heavy atom. The molecule has 0 saturated carbocycles. The molecule has 2 aromatic rings. The number of fused-ring (bicyclic) bond motifs is 1. The summed E-state index contributed by atoms with van der Waals surface area (Å²) in [7, 11) is 0. The Morgan fingerprint density at radius 3 is 2.94 bits per heavy atom. The van der Waals surface area contributed by atoms with Gasteiger partial charge in [-0.05, 0) is 6.07 Å². The molecular formula is C9H7N3O4. The van der Waals surface area contributed by atoms with Crippen LogP contribution in [0.3, 0.4) is 0 Å². The van der Waals surface area contributed by atoms with Crippen LogP contribution in [-0.4, -0.2) is 21.1 Å². The van der Waals surface area contributed by atoms with E-state index < -0.39 is 10.9 Å². The van der Waals surface area contributed by atoms with Crippen LogP contribution in [0.5, 0.6) is 5.75 Å². The zero-order chi connectivity index (χ0) is 11.7. The number of H-pyrrole nitrogens is 1. The second kappa shape index (κ2) is 3.61. The van der Waals surface area contributed by atoms with Crippen LogP contribution in [0.4, 0.5) is 5.69 Å². The predicted octanol–water partition coefficient (Wildman–Crippen LogP) is 1.40. The van der Waals surface area contributed by atoms with E-state index in [1.165, 1.54) is 25.3 Å². The number of nitrogens with zero attached hydrogens (tertiary/aromatic N) is 2. The van der Waals surface area contributed by atoms with Crippen LogP contribution in [0.25, 0.3) is 10.9 Å². The number of hydrogen-bond acceptors (Lipinski definition) is 5. The largest absolute Gasteiger partial charge is 0.419 e. The summed E-state index contributed by atoms with van der Waals surface area (Å²) in [6.45, 7) is 1.18. The van der Waals surface area contributed by atoms with Crippen molar-refractivity contribution in [1.29, 1.82) is 0 Å². The Kier molecular flexibility index (Phi) is 2.28. The molecular weight excluding hydrogens is 214 g/mol. The number of aromatic amines is 1. The third-order valence-electron chi connectivity index (χ3n) is 1.97. The molecule has 0 fully saturated rings. The van der Waals surface area contributed by atoms with Crippen molar-refractivity contribution in [2.24, 2.45) is 0 Å². The molecule has 0 amide bonds. The van der Waals surface area contributed by atoms with Gasteiger partial charge in [0.25, 0.3) is 0 Å². The van der Waals surface area contributed by atoms with E-state index in [4.69, 9.17) is 4.74 Å². The van der Waals surface area contributed by atoms with E-state index >= 15 is 0 Å². The second-order valence-electron chi connectivity index (χ2n) is 3.13. The van der Waals surface area contributed by atoms with Crippen LogP contribution >= 0.6 is 0 Å². The van der Waals surface area contributed by atoms with Gasteiger partial charge in [-0.2, -0.15) is 5.10 Å². The number of aromatic nitrogens is 2. The number of esters is 1. The highest BCUT2D eigenvalue weighted by Gasteiger charge is 2.18. The Balaban J connectivity index is 2.62. The van der Waals surface area contributed by atoms with Crippen LogP contribution < -0.4 is 4.74 Å². The summed E-state index contributed by atoms with van der Waals surface area (Å²) in [5, 5.41) is 17.7. The Bertz CT molecular complexity index is 575. The average molecular weight is 221 g/mol. The summed E-state index contributed by atoms with van der Waals surface area (Å²) in [6, 6.07) is 2.68. The van der Waals surface area contributed by atoms with Crippen molar-refractivity contribution in [1.82, 2.24) is 10.2 Å². The maximum atomic E-state index is 10.8. The molecule has 0 atom stereocenters. The topological polar surface area (TPSA) is 98.1 Å². The van der Waals surface area contributed by atoms with Gasteiger partial charge in [-0.15, -0.1) is 0 Å². The molecule has 0 aliphatic heterocycles. The van der Waals surface area contributed by atoms with Crippen LogP contribution in [0, 0.1) is 10.1 Å². The lowest BCUT2D eigenvalue weighted by Gasteiger charge is -2.02. The first-order valence-electron chi connectivity index (χ1n) is 4.38. The highest BCUT2D eigenvalue weighted by Crippen LogP contribution is 2.31. The van der Waals surface area contributed by atoms with Crippen LogP contribution in [0.1, 0.15) is 6.92 Å². The molecule has 7 nitrogen and oxygen atoms in total. The molecule has 0 radical (unpaired) electrons. The first-order valence-corrected chi connectivity index (χ1v) is 4.38. The van der Waals surface area contributed by atoms with E-state index in [1.54, 1.807) is 0 Å². The van der Waals surface area contributed by atoms with Crippen molar-refractivity contribution in [2.75, 3.05) is 0 Å². The number of rotatable bonds is 2. The molecule has 1 aromatic carbocycles. The van der Waals surface area contributed by atoms with Crippen molar-refractivity contribution in [3.8, 4) is 5.75 Å². The molecule has 0 spiro atoms. The normalized spacial score (nSPS) is 10.3. The lowest BCUT2D eigenvalue weighted by molar-refractivity contribution is -0.385. The predicted molar refractivity (Wildman–Crippen MR) is 54.1 cm³/mol. The molecule has 1 aromatic heterocycles. The molecule has 0 aliphatic rings. The fraction of sp³-hybridized carbons (Fsp3) is 0.111. The first kappa shape index (κ1) is 10.1. The smallest absolute Gasteiger partial charge is 0.313 e. The van der Waals surface area contributed by atoms with Crippen molar-refractivity contribution in [2.45, 2.75) is 6.92 Å². The highest BCUT2D eigenvalue weighted by molar-refractivity contribution is 5.84. The highest BCUT2D eigenvalue weighted by atomic mass is 16.6. The number of carbonyl (C=O) groups excluding carboxylic acids is 1. The number of hydrogen-bond donors (Lipinski definition) is 1. The molecule has 2 rings (SSSR count). The number of carbonyl (C=O) groups is 1. The SMILES string of the molecule is CC(=O)Oc1cc2cn[nH]c2cc1[N+](=O)[O-]. The minimum atomic E-state index is -0.613.